The van der Waals surface area contributed by atoms with Gasteiger partial charge >= 0.3 is 5.97 Å². The first kappa shape index (κ1) is 24.7. The van der Waals surface area contributed by atoms with E-state index in [9.17, 15) is 14.7 Å². The maximum atomic E-state index is 12.8. The van der Waals surface area contributed by atoms with Gasteiger partial charge in [-0.05, 0) is 99.7 Å². The van der Waals surface area contributed by atoms with Gasteiger partial charge in [0.15, 0.2) is 0 Å². The van der Waals surface area contributed by atoms with Crippen molar-refractivity contribution >= 4 is 11.8 Å². The van der Waals surface area contributed by atoms with Crippen LogP contribution < -0.4 is 0 Å². The normalized spacial score (nSPS) is 40.5. The number of hydrogen-bond acceptors (Lipinski definition) is 2. The SMILES string of the molecule is CC(C)=CCC[C@@H](C(=O)O)[C@H]1CC[C@@]2(C)C3=C(CC[C@]12C)[C@@]1(C)CCC(=O)C(C)(C)[C@@H]1CC3. The molecule has 6 atom stereocenters. The van der Waals surface area contributed by atoms with Gasteiger partial charge in [0, 0.05) is 11.8 Å². The Bertz CT molecular complexity index is 904. The lowest BCUT2D eigenvalue weighted by Gasteiger charge is -2.60. The second kappa shape index (κ2) is 8.09. The van der Waals surface area contributed by atoms with Gasteiger partial charge in [0.05, 0.1) is 5.92 Å². The van der Waals surface area contributed by atoms with Crippen molar-refractivity contribution in [2.45, 2.75) is 113 Å². The average molecular weight is 455 g/mol. The Balaban J connectivity index is 1.70. The van der Waals surface area contributed by atoms with Gasteiger partial charge in [-0.1, -0.05) is 57.4 Å². The van der Waals surface area contributed by atoms with Crippen LogP contribution in [0.15, 0.2) is 22.8 Å². The summed E-state index contributed by atoms with van der Waals surface area (Å²) in [5, 5.41) is 10.2. The first-order valence-electron chi connectivity index (χ1n) is 13.4. The van der Waals surface area contributed by atoms with Gasteiger partial charge in [0.2, 0.25) is 0 Å². The smallest absolute Gasteiger partial charge is 0.306 e. The fourth-order valence-corrected chi connectivity index (χ4v) is 9.22. The van der Waals surface area contributed by atoms with Crippen molar-refractivity contribution in [3.05, 3.63) is 22.8 Å². The average Bonchev–Trinajstić information content (AvgIpc) is 3.00. The molecule has 184 valence electrons. The van der Waals surface area contributed by atoms with Crippen LogP contribution in [0.5, 0.6) is 0 Å². The predicted molar refractivity (Wildman–Crippen MR) is 134 cm³/mol. The Hall–Kier alpha value is -1.38. The molecule has 0 aromatic heterocycles. The highest BCUT2D eigenvalue weighted by Gasteiger charge is 2.64. The highest BCUT2D eigenvalue weighted by atomic mass is 16.4. The fourth-order valence-electron chi connectivity index (χ4n) is 9.22. The fraction of sp³-hybridized carbons (Fsp3) is 0.800. The van der Waals surface area contributed by atoms with E-state index < -0.39 is 5.97 Å². The van der Waals surface area contributed by atoms with Crippen LogP contribution in [0.4, 0.5) is 0 Å². The van der Waals surface area contributed by atoms with Crippen LogP contribution in [0.3, 0.4) is 0 Å². The zero-order chi connectivity index (χ0) is 24.4. The minimum atomic E-state index is -0.601. The summed E-state index contributed by atoms with van der Waals surface area (Å²) in [7, 11) is 0. The minimum absolute atomic E-state index is 0.0447. The van der Waals surface area contributed by atoms with Gasteiger partial charge in [-0.3, -0.25) is 9.59 Å². The van der Waals surface area contributed by atoms with E-state index in [0.29, 0.717) is 18.1 Å². The van der Waals surface area contributed by atoms with Crippen LogP contribution in [0.1, 0.15) is 113 Å². The Morgan fingerprint density at radius 1 is 1.00 bits per heavy atom. The quantitative estimate of drug-likeness (QED) is 0.432. The summed E-state index contributed by atoms with van der Waals surface area (Å²) in [4.78, 5) is 25.2. The number of allylic oxidation sites excluding steroid dienone is 4. The minimum Gasteiger partial charge on any atom is -0.481 e. The van der Waals surface area contributed by atoms with Crippen LogP contribution in [0.25, 0.3) is 0 Å². The third kappa shape index (κ3) is 3.50. The molecule has 0 saturated heterocycles. The molecule has 0 amide bonds. The maximum absolute atomic E-state index is 12.8. The number of ketones is 1. The van der Waals surface area contributed by atoms with Gasteiger partial charge < -0.3 is 5.11 Å². The van der Waals surface area contributed by atoms with E-state index in [0.717, 1.165) is 57.8 Å². The first-order valence-corrected chi connectivity index (χ1v) is 13.4. The molecule has 0 spiro atoms. The summed E-state index contributed by atoms with van der Waals surface area (Å²) in [6, 6.07) is 0. The molecule has 0 aliphatic heterocycles. The number of carboxylic acid groups (broad SMARTS) is 1. The summed E-state index contributed by atoms with van der Waals surface area (Å²) < 4.78 is 0. The largest absolute Gasteiger partial charge is 0.481 e. The summed E-state index contributed by atoms with van der Waals surface area (Å²) >= 11 is 0. The molecule has 4 aliphatic carbocycles. The molecule has 4 aliphatic rings. The molecular formula is C30H46O3. The molecule has 1 N–H and O–H groups in total. The lowest BCUT2D eigenvalue weighted by Crippen LogP contribution is -2.54. The molecule has 3 nitrogen and oxygen atoms in total. The highest BCUT2D eigenvalue weighted by molar-refractivity contribution is 5.85. The van der Waals surface area contributed by atoms with Crippen LogP contribution >= 0.6 is 0 Å². The summed E-state index contributed by atoms with van der Waals surface area (Å²) in [6.07, 6.45) is 12.0. The van der Waals surface area contributed by atoms with Gasteiger partial charge in [-0.25, -0.2) is 0 Å². The number of carbonyl (C=O) groups excluding carboxylic acids is 1. The number of Topliss-reactive ketones (excluding diaryl/α,β-unsaturated/α-hetero) is 1. The molecular weight excluding hydrogens is 408 g/mol. The molecule has 33 heavy (non-hydrogen) atoms. The van der Waals surface area contributed by atoms with Crippen LogP contribution in [-0.2, 0) is 9.59 Å². The molecule has 0 aromatic rings. The monoisotopic (exact) mass is 454 g/mol. The second-order valence-corrected chi connectivity index (χ2v) is 13.3. The number of hydrogen-bond donors (Lipinski definition) is 1. The third-order valence-corrected chi connectivity index (χ3v) is 11.4. The molecule has 4 rings (SSSR count). The summed E-state index contributed by atoms with van der Waals surface area (Å²) in [6.45, 7) is 15.9. The number of fused-ring (bicyclic) bond motifs is 4. The summed E-state index contributed by atoms with van der Waals surface area (Å²) in [5.74, 6) is 0.270. The van der Waals surface area contributed by atoms with Crippen molar-refractivity contribution in [3.8, 4) is 0 Å². The maximum Gasteiger partial charge on any atom is 0.306 e. The van der Waals surface area contributed by atoms with Gasteiger partial charge in [-0.2, -0.15) is 0 Å². The van der Waals surface area contributed by atoms with Gasteiger partial charge in [-0.15, -0.1) is 0 Å². The number of aliphatic carboxylic acids is 1. The van der Waals surface area contributed by atoms with Crippen molar-refractivity contribution in [1.29, 1.82) is 0 Å². The number of carbonyl (C=O) groups is 2. The lowest BCUT2D eigenvalue weighted by molar-refractivity contribution is -0.146. The predicted octanol–water partition coefficient (Wildman–Crippen LogP) is 7.75. The Kier molecular flexibility index (Phi) is 6.07. The molecule has 2 saturated carbocycles. The van der Waals surface area contributed by atoms with Crippen LogP contribution in [0.2, 0.25) is 0 Å². The van der Waals surface area contributed by atoms with Crippen molar-refractivity contribution in [2.24, 2.45) is 39.4 Å². The Morgan fingerprint density at radius 3 is 2.33 bits per heavy atom. The van der Waals surface area contributed by atoms with E-state index in [-0.39, 0.29) is 33.5 Å². The molecule has 0 heterocycles. The Morgan fingerprint density at radius 2 is 1.70 bits per heavy atom. The zero-order valence-corrected chi connectivity index (χ0v) is 22.1. The van der Waals surface area contributed by atoms with E-state index in [1.807, 2.05) is 0 Å². The van der Waals surface area contributed by atoms with E-state index in [1.54, 1.807) is 11.1 Å². The van der Waals surface area contributed by atoms with E-state index in [1.165, 1.54) is 5.57 Å². The summed E-state index contributed by atoms with van der Waals surface area (Å²) in [5.41, 5.74) is 4.63. The van der Waals surface area contributed by atoms with Gasteiger partial charge in [0.1, 0.15) is 5.78 Å². The van der Waals surface area contributed by atoms with E-state index >= 15 is 0 Å². The lowest BCUT2D eigenvalue weighted by atomic mass is 9.43. The molecule has 0 bridgehead atoms. The first-order chi connectivity index (χ1) is 15.3. The molecule has 0 aromatic carbocycles. The van der Waals surface area contributed by atoms with Crippen molar-refractivity contribution in [2.75, 3.05) is 0 Å². The molecule has 2 fully saturated rings. The van der Waals surface area contributed by atoms with Crippen molar-refractivity contribution < 1.29 is 14.7 Å². The van der Waals surface area contributed by atoms with E-state index in [2.05, 4.69) is 54.5 Å². The Labute approximate surface area is 201 Å². The molecule has 0 radical (unpaired) electrons. The van der Waals surface area contributed by atoms with Crippen molar-refractivity contribution in [1.82, 2.24) is 0 Å². The van der Waals surface area contributed by atoms with Crippen molar-refractivity contribution in [3.63, 3.8) is 0 Å². The van der Waals surface area contributed by atoms with Crippen LogP contribution in [0, 0.1) is 39.4 Å². The molecule has 3 heteroatoms. The second-order valence-electron chi connectivity index (χ2n) is 13.3. The standard InChI is InChI=1S/C30H46O3/c1-19(2)9-8-10-20(26(32)33)21-13-17-30(7)23-11-12-24-27(3,4)25(31)15-16-28(24,5)22(23)14-18-29(21,30)6/h9,20-21,24H,8,10-18H2,1-7H3,(H,32,33)/t20-,21-,24+,28-,29-,30+/m1/s1. The topological polar surface area (TPSA) is 54.4 Å². The molecule has 0 unspecified atom stereocenters. The third-order valence-electron chi connectivity index (χ3n) is 11.4. The number of carboxylic acids is 1. The number of rotatable bonds is 5. The zero-order valence-electron chi connectivity index (χ0n) is 22.1. The van der Waals surface area contributed by atoms with Gasteiger partial charge in [0.25, 0.3) is 0 Å². The van der Waals surface area contributed by atoms with Crippen LogP contribution in [-0.4, -0.2) is 16.9 Å². The highest BCUT2D eigenvalue weighted by Crippen LogP contribution is 2.72. The van der Waals surface area contributed by atoms with E-state index in [4.69, 9.17) is 0 Å².